The van der Waals surface area contributed by atoms with Gasteiger partial charge in [-0.15, -0.1) is 5.10 Å². The average molecular weight is 212 g/mol. The van der Waals surface area contributed by atoms with Gasteiger partial charge in [0.2, 0.25) is 11.9 Å². The molecule has 1 aliphatic rings. The Kier molecular flexibility index (Phi) is 4.04. The average Bonchev–Trinajstić information content (AvgIpc) is 2.28. The van der Waals surface area contributed by atoms with E-state index < -0.39 is 0 Å². The summed E-state index contributed by atoms with van der Waals surface area (Å²) >= 11 is 0. The summed E-state index contributed by atoms with van der Waals surface area (Å²) in [6, 6.07) is 0. The van der Waals surface area contributed by atoms with Crippen LogP contribution < -0.4 is 11.5 Å². The van der Waals surface area contributed by atoms with E-state index in [2.05, 4.69) is 16.9 Å². The number of nitrogens with two attached hydrogens (primary N) is 2. The van der Waals surface area contributed by atoms with Crippen LogP contribution in [0.25, 0.3) is 0 Å². The largest absolute Gasteiger partial charge is 0.368 e. The number of carbonyl (C=O) groups excluding carboxylic acids is 1. The number of guanidine groups is 1. The van der Waals surface area contributed by atoms with Gasteiger partial charge in [0.05, 0.1) is 6.54 Å². The molecule has 0 saturated carbocycles. The van der Waals surface area contributed by atoms with E-state index in [4.69, 9.17) is 11.5 Å². The van der Waals surface area contributed by atoms with Crippen LogP contribution in [-0.2, 0) is 4.79 Å². The maximum absolute atomic E-state index is 11.3. The van der Waals surface area contributed by atoms with Crippen LogP contribution in [0.2, 0.25) is 0 Å². The van der Waals surface area contributed by atoms with Crippen LogP contribution in [-0.4, -0.2) is 61.1 Å². The Balaban J connectivity index is 2.45. The Labute approximate surface area is 88.4 Å². The minimum atomic E-state index is -0.0352. The van der Waals surface area contributed by atoms with Crippen molar-refractivity contribution in [3.05, 3.63) is 0 Å². The fourth-order valence-electron chi connectivity index (χ4n) is 1.45. The van der Waals surface area contributed by atoms with Crippen molar-refractivity contribution in [2.75, 3.05) is 32.7 Å². The van der Waals surface area contributed by atoms with Crippen molar-refractivity contribution >= 4 is 18.6 Å². The van der Waals surface area contributed by atoms with Gasteiger partial charge in [-0.1, -0.05) is 0 Å². The molecule has 0 aromatic rings. The highest BCUT2D eigenvalue weighted by molar-refractivity contribution is 5.80. The van der Waals surface area contributed by atoms with Crippen molar-refractivity contribution in [1.29, 1.82) is 0 Å². The molecule has 0 aromatic heterocycles. The first-order valence-electron chi connectivity index (χ1n) is 4.71. The summed E-state index contributed by atoms with van der Waals surface area (Å²) in [5, 5.41) is 7.00. The fraction of sp³-hybridized carbons (Fsp3) is 0.625. The standard InChI is InChI=1S/C8H16N6O/c1-11-12-8(10)14-4-2-13(3-5-14)7(15)6-9/h1-6,9H2,(H2,10,12). The number of hydrogen-bond acceptors (Lipinski definition) is 4. The number of nitrogens with zero attached hydrogens (tertiary/aromatic N) is 4. The molecule has 7 nitrogen and oxygen atoms in total. The molecule has 0 aromatic carbocycles. The maximum Gasteiger partial charge on any atom is 0.236 e. The highest BCUT2D eigenvalue weighted by Crippen LogP contribution is 2.01. The third-order valence-electron chi connectivity index (χ3n) is 2.30. The molecule has 0 bridgehead atoms. The van der Waals surface area contributed by atoms with Crippen molar-refractivity contribution < 1.29 is 4.79 Å². The lowest BCUT2D eigenvalue weighted by molar-refractivity contribution is -0.130. The van der Waals surface area contributed by atoms with Gasteiger partial charge >= 0.3 is 0 Å². The molecule has 1 aliphatic heterocycles. The molecule has 4 N–H and O–H groups in total. The van der Waals surface area contributed by atoms with Gasteiger partial charge in [-0.25, -0.2) is 0 Å². The summed E-state index contributed by atoms with van der Waals surface area (Å²) in [4.78, 5) is 14.8. The Morgan fingerprint density at radius 1 is 1.27 bits per heavy atom. The summed E-state index contributed by atoms with van der Waals surface area (Å²) < 4.78 is 0. The van der Waals surface area contributed by atoms with Crippen LogP contribution in [0.4, 0.5) is 0 Å². The SMILES string of the molecule is C=NN=C(N)N1CCN(C(=O)CN)CC1. The lowest BCUT2D eigenvalue weighted by atomic mass is 10.3. The number of amides is 1. The van der Waals surface area contributed by atoms with Gasteiger partial charge in [-0.2, -0.15) is 5.10 Å². The summed E-state index contributed by atoms with van der Waals surface area (Å²) in [5.74, 6) is 0.303. The zero-order chi connectivity index (χ0) is 11.3. The van der Waals surface area contributed by atoms with E-state index in [1.807, 2.05) is 4.90 Å². The first-order chi connectivity index (χ1) is 7.19. The first kappa shape index (κ1) is 11.4. The van der Waals surface area contributed by atoms with Gasteiger partial charge in [0, 0.05) is 32.9 Å². The molecule has 0 unspecified atom stereocenters. The summed E-state index contributed by atoms with van der Waals surface area (Å²) in [5.41, 5.74) is 10.9. The molecule has 0 spiro atoms. The zero-order valence-electron chi connectivity index (χ0n) is 8.59. The predicted molar refractivity (Wildman–Crippen MR) is 58.4 cm³/mol. The van der Waals surface area contributed by atoms with E-state index in [9.17, 15) is 4.79 Å². The number of piperazine rings is 1. The second-order valence-corrected chi connectivity index (χ2v) is 3.17. The van der Waals surface area contributed by atoms with Gasteiger partial charge in [0.15, 0.2) is 0 Å². The topological polar surface area (TPSA) is 100 Å². The van der Waals surface area contributed by atoms with E-state index in [0.717, 1.165) is 0 Å². The van der Waals surface area contributed by atoms with Crippen molar-refractivity contribution in [3.63, 3.8) is 0 Å². The van der Waals surface area contributed by atoms with Crippen LogP contribution in [0.1, 0.15) is 0 Å². The lowest BCUT2D eigenvalue weighted by Gasteiger charge is -2.34. The Morgan fingerprint density at radius 3 is 2.27 bits per heavy atom. The Hall–Kier alpha value is -1.63. The maximum atomic E-state index is 11.3. The lowest BCUT2D eigenvalue weighted by Crippen LogP contribution is -2.53. The predicted octanol–water partition coefficient (Wildman–Crippen LogP) is -1.98. The van der Waals surface area contributed by atoms with Crippen molar-refractivity contribution in [1.82, 2.24) is 9.80 Å². The number of rotatable bonds is 2. The van der Waals surface area contributed by atoms with Crippen LogP contribution in [0.5, 0.6) is 0 Å². The van der Waals surface area contributed by atoms with E-state index in [1.54, 1.807) is 4.90 Å². The van der Waals surface area contributed by atoms with Gasteiger partial charge in [0.1, 0.15) is 0 Å². The minimum absolute atomic E-state index is 0.0352. The van der Waals surface area contributed by atoms with E-state index in [-0.39, 0.29) is 12.5 Å². The Morgan fingerprint density at radius 2 is 1.80 bits per heavy atom. The van der Waals surface area contributed by atoms with E-state index in [0.29, 0.717) is 32.1 Å². The van der Waals surface area contributed by atoms with E-state index >= 15 is 0 Å². The van der Waals surface area contributed by atoms with Gasteiger partial charge in [-0.3, -0.25) is 4.79 Å². The number of carbonyl (C=O) groups is 1. The monoisotopic (exact) mass is 212 g/mol. The third-order valence-corrected chi connectivity index (χ3v) is 2.30. The summed E-state index contributed by atoms with van der Waals surface area (Å²) in [6.45, 7) is 5.81. The first-order valence-corrected chi connectivity index (χ1v) is 4.71. The third kappa shape index (κ3) is 2.91. The van der Waals surface area contributed by atoms with Crippen LogP contribution >= 0.6 is 0 Å². The molecule has 0 radical (unpaired) electrons. The highest BCUT2D eigenvalue weighted by Gasteiger charge is 2.20. The molecule has 1 heterocycles. The molecule has 84 valence electrons. The molecule has 1 fully saturated rings. The molecular formula is C8H16N6O. The molecule has 1 saturated heterocycles. The molecule has 1 rings (SSSR count). The summed E-state index contributed by atoms with van der Waals surface area (Å²) in [7, 11) is 0. The molecular weight excluding hydrogens is 196 g/mol. The van der Waals surface area contributed by atoms with Crippen molar-refractivity contribution in [2.45, 2.75) is 0 Å². The molecule has 7 heteroatoms. The number of hydrogen-bond donors (Lipinski definition) is 2. The van der Waals surface area contributed by atoms with Crippen LogP contribution in [0.3, 0.4) is 0 Å². The second-order valence-electron chi connectivity index (χ2n) is 3.17. The van der Waals surface area contributed by atoms with Crippen molar-refractivity contribution in [3.8, 4) is 0 Å². The zero-order valence-corrected chi connectivity index (χ0v) is 8.59. The normalized spacial score (nSPS) is 17.8. The quantitative estimate of drug-likeness (QED) is 0.314. The molecule has 1 amide bonds. The van der Waals surface area contributed by atoms with Crippen LogP contribution in [0, 0.1) is 0 Å². The Bertz CT molecular complexity index is 268. The van der Waals surface area contributed by atoms with E-state index in [1.165, 1.54) is 0 Å². The molecule has 15 heavy (non-hydrogen) atoms. The smallest absolute Gasteiger partial charge is 0.236 e. The summed E-state index contributed by atoms with van der Waals surface area (Å²) in [6.07, 6.45) is 0. The van der Waals surface area contributed by atoms with Crippen LogP contribution in [0.15, 0.2) is 10.2 Å². The van der Waals surface area contributed by atoms with Gasteiger partial charge in [0.25, 0.3) is 0 Å². The van der Waals surface area contributed by atoms with Gasteiger partial charge < -0.3 is 21.3 Å². The molecule has 0 aliphatic carbocycles. The van der Waals surface area contributed by atoms with Gasteiger partial charge in [-0.05, 0) is 0 Å². The fourth-order valence-corrected chi connectivity index (χ4v) is 1.45. The highest BCUT2D eigenvalue weighted by atomic mass is 16.2. The minimum Gasteiger partial charge on any atom is -0.368 e. The second kappa shape index (κ2) is 5.30. The van der Waals surface area contributed by atoms with Crippen molar-refractivity contribution in [2.24, 2.45) is 21.7 Å². The molecule has 0 atom stereocenters.